The second kappa shape index (κ2) is 6.51. The molecule has 0 spiro atoms. The van der Waals surface area contributed by atoms with Gasteiger partial charge in [0.25, 0.3) is 0 Å². The highest BCUT2D eigenvalue weighted by Gasteiger charge is 2.36. The number of aromatic nitrogens is 1. The molecule has 1 aliphatic carbocycles. The molecule has 0 fully saturated rings. The number of H-pyrrole nitrogens is 1. The minimum absolute atomic E-state index is 0.0964. The lowest BCUT2D eigenvalue weighted by atomic mass is 9.75. The van der Waals surface area contributed by atoms with Crippen molar-refractivity contribution in [1.82, 2.24) is 4.98 Å². The lowest BCUT2D eigenvalue weighted by Crippen LogP contribution is -2.27. The van der Waals surface area contributed by atoms with Crippen LogP contribution in [0.5, 0.6) is 0 Å². The summed E-state index contributed by atoms with van der Waals surface area (Å²) in [4.78, 5) is 28.5. The molecule has 1 heterocycles. The molecule has 1 aliphatic rings. The Morgan fingerprint density at radius 2 is 1.96 bits per heavy atom. The van der Waals surface area contributed by atoms with Crippen molar-refractivity contribution in [3.8, 4) is 0 Å². The van der Waals surface area contributed by atoms with Gasteiger partial charge in [0, 0.05) is 24.1 Å². The number of esters is 1. The van der Waals surface area contributed by atoms with Gasteiger partial charge in [-0.15, -0.1) is 0 Å². The Bertz CT molecular complexity index is 830. The van der Waals surface area contributed by atoms with Crippen LogP contribution in [0, 0.1) is 12.3 Å². The molecule has 0 atom stereocenters. The maximum Gasteiger partial charge on any atom is 0.355 e. The van der Waals surface area contributed by atoms with Crippen LogP contribution in [0.15, 0.2) is 24.3 Å². The Labute approximate surface area is 148 Å². The van der Waals surface area contributed by atoms with Gasteiger partial charge in [-0.1, -0.05) is 38.1 Å². The SMILES string of the molecule is CCOC(=O)c1[nH]c2c(c1Cc1ccccc1C)C(=O)CC(C)(C)C2. The van der Waals surface area contributed by atoms with E-state index in [1.807, 2.05) is 31.2 Å². The van der Waals surface area contributed by atoms with Crippen LogP contribution in [-0.2, 0) is 17.6 Å². The number of ketones is 1. The monoisotopic (exact) mass is 339 g/mol. The van der Waals surface area contributed by atoms with Crippen molar-refractivity contribution in [2.45, 2.75) is 47.0 Å². The van der Waals surface area contributed by atoms with E-state index in [0.717, 1.165) is 28.8 Å². The molecule has 4 nitrogen and oxygen atoms in total. The van der Waals surface area contributed by atoms with Gasteiger partial charge in [-0.05, 0) is 42.4 Å². The van der Waals surface area contributed by atoms with Crippen molar-refractivity contribution in [2.24, 2.45) is 5.41 Å². The van der Waals surface area contributed by atoms with E-state index >= 15 is 0 Å². The van der Waals surface area contributed by atoms with Gasteiger partial charge in [0.2, 0.25) is 0 Å². The van der Waals surface area contributed by atoms with E-state index in [2.05, 4.69) is 18.8 Å². The summed E-state index contributed by atoms with van der Waals surface area (Å²) in [5.74, 6) is -0.271. The van der Waals surface area contributed by atoms with Crippen LogP contribution in [0.4, 0.5) is 0 Å². The second-order valence-electron chi connectivity index (χ2n) is 7.60. The zero-order valence-electron chi connectivity index (χ0n) is 15.4. The number of nitrogens with one attached hydrogen (secondary N) is 1. The number of ether oxygens (including phenoxy) is 1. The molecule has 0 radical (unpaired) electrons. The molecule has 0 saturated carbocycles. The Morgan fingerprint density at radius 1 is 1.24 bits per heavy atom. The van der Waals surface area contributed by atoms with Crippen LogP contribution in [0.1, 0.15) is 70.4 Å². The Balaban J connectivity index is 2.12. The van der Waals surface area contributed by atoms with Crippen molar-refractivity contribution < 1.29 is 14.3 Å². The number of Topliss-reactive ketones (excluding diaryl/α,β-unsaturated/α-hetero) is 1. The van der Waals surface area contributed by atoms with Gasteiger partial charge >= 0.3 is 5.97 Å². The fourth-order valence-corrected chi connectivity index (χ4v) is 3.68. The topological polar surface area (TPSA) is 59.2 Å². The number of carbonyl (C=O) groups excluding carboxylic acids is 2. The van der Waals surface area contributed by atoms with Crippen LogP contribution in [0.3, 0.4) is 0 Å². The minimum Gasteiger partial charge on any atom is -0.461 e. The van der Waals surface area contributed by atoms with E-state index in [1.54, 1.807) is 6.92 Å². The van der Waals surface area contributed by atoms with E-state index in [4.69, 9.17) is 4.74 Å². The molecule has 0 aliphatic heterocycles. The molecule has 0 saturated heterocycles. The third kappa shape index (κ3) is 3.39. The molecule has 132 valence electrons. The third-order valence-corrected chi connectivity index (χ3v) is 4.86. The average Bonchev–Trinajstić information content (AvgIpc) is 2.87. The first-order valence-electron chi connectivity index (χ1n) is 8.81. The van der Waals surface area contributed by atoms with Gasteiger partial charge < -0.3 is 9.72 Å². The fraction of sp³-hybridized carbons (Fsp3) is 0.429. The Morgan fingerprint density at radius 3 is 2.64 bits per heavy atom. The van der Waals surface area contributed by atoms with Crippen molar-refractivity contribution in [1.29, 1.82) is 0 Å². The summed E-state index contributed by atoms with van der Waals surface area (Å²) >= 11 is 0. The van der Waals surface area contributed by atoms with Crippen LogP contribution >= 0.6 is 0 Å². The highest BCUT2D eigenvalue weighted by Crippen LogP contribution is 2.38. The van der Waals surface area contributed by atoms with E-state index in [-0.39, 0.29) is 17.2 Å². The number of hydrogen-bond donors (Lipinski definition) is 1. The van der Waals surface area contributed by atoms with Crippen LogP contribution in [0.25, 0.3) is 0 Å². The normalized spacial score (nSPS) is 15.8. The summed E-state index contributed by atoms with van der Waals surface area (Å²) in [6, 6.07) is 8.06. The molecule has 3 rings (SSSR count). The Kier molecular flexibility index (Phi) is 4.55. The number of fused-ring (bicyclic) bond motifs is 1. The van der Waals surface area contributed by atoms with E-state index in [0.29, 0.717) is 30.7 Å². The third-order valence-electron chi connectivity index (χ3n) is 4.86. The standard InChI is InChI=1S/C21H25NO3/c1-5-25-20(24)19-15(10-14-9-7-6-8-13(14)2)18-16(22-19)11-21(3,4)12-17(18)23/h6-9,22H,5,10-12H2,1-4H3. The molecule has 1 aromatic heterocycles. The van der Waals surface area contributed by atoms with Gasteiger partial charge in [-0.25, -0.2) is 4.79 Å². The van der Waals surface area contributed by atoms with E-state index < -0.39 is 0 Å². The molecule has 1 aromatic carbocycles. The number of aromatic amines is 1. The molecule has 2 aromatic rings. The number of rotatable bonds is 4. The first kappa shape index (κ1) is 17.5. The maximum absolute atomic E-state index is 12.8. The minimum atomic E-state index is -0.383. The maximum atomic E-state index is 12.8. The summed E-state index contributed by atoms with van der Waals surface area (Å²) in [7, 11) is 0. The molecule has 0 amide bonds. The van der Waals surface area contributed by atoms with Crippen LogP contribution in [0.2, 0.25) is 0 Å². The fourth-order valence-electron chi connectivity index (χ4n) is 3.68. The van der Waals surface area contributed by atoms with Crippen molar-refractivity contribution in [2.75, 3.05) is 6.61 Å². The van der Waals surface area contributed by atoms with Gasteiger partial charge in [0.1, 0.15) is 5.69 Å². The molecular weight excluding hydrogens is 314 g/mol. The molecular formula is C21H25NO3. The van der Waals surface area contributed by atoms with Crippen molar-refractivity contribution >= 4 is 11.8 Å². The van der Waals surface area contributed by atoms with Crippen molar-refractivity contribution in [3.05, 3.63) is 57.9 Å². The highest BCUT2D eigenvalue weighted by molar-refractivity contribution is 6.04. The van der Waals surface area contributed by atoms with E-state index in [9.17, 15) is 9.59 Å². The smallest absolute Gasteiger partial charge is 0.355 e. The van der Waals surface area contributed by atoms with Crippen LogP contribution in [-0.4, -0.2) is 23.3 Å². The van der Waals surface area contributed by atoms with Gasteiger partial charge in [-0.3, -0.25) is 4.79 Å². The summed E-state index contributed by atoms with van der Waals surface area (Å²) in [5, 5.41) is 0. The number of aryl methyl sites for hydroxylation is 1. The quantitative estimate of drug-likeness (QED) is 0.847. The van der Waals surface area contributed by atoms with Gasteiger partial charge in [0.05, 0.1) is 6.61 Å². The molecule has 0 bridgehead atoms. The molecule has 4 heteroatoms. The number of carbonyl (C=O) groups is 2. The lowest BCUT2D eigenvalue weighted by Gasteiger charge is -2.28. The molecule has 1 N–H and O–H groups in total. The highest BCUT2D eigenvalue weighted by atomic mass is 16.5. The summed E-state index contributed by atoms with van der Waals surface area (Å²) in [5.41, 5.74) is 4.95. The lowest BCUT2D eigenvalue weighted by molar-refractivity contribution is 0.0518. The zero-order valence-corrected chi connectivity index (χ0v) is 15.4. The predicted octanol–water partition coefficient (Wildman–Crippen LogP) is 4.25. The molecule has 0 unspecified atom stereocenters. The number of benzene rings is 1. The largest absolute Gasteiger partial charge is 0.461 e. The Hall–Kier alpha value is -2.36. The molecule has 25 heavy (non-hydrogen) atoms. The van der Waals surface area contributed by atoms with Crippen molar-refractivity contribution in [3.63, 3.8) is 0 Å². The average molecular weight is 339 g/mol. The summed E-state index contributed by atoms with van der Waals surface area (Å²) < 4.78 is 5.22. The number of hydrogen-bond acceptors (Lipinski definition) is 3. The van der Waals surface area contributed by atoms with Gasteiger partial charge in [-0.2, -0.15) is 0 Å². The first-order valence-corrected chi connectivity index (χ1v) is 8.81. The summed E-state index contributed by atoms with van der Waals surface area (Å²) in [6.45, 7) is 8.31. The van der Waals surface area contributed by atoms with Gasteiger partial charge in [0.15, 0.2) is 5.78 Å². The van der Waals surface area contributed by atoms with E-state index in [1.165, 1.54) is 0 Å². The van der Waals surface area contributed by atoms with Crippen LogP contribution < -0.4 is 0 Å². The summed E-state index contributed by atoms with van der Waals surface area (Å²) in [6.07, 6.45) is 1.81. The second-order valence-corrected chi connectivity index (χ2v) is 7.60. The predicted molar refractivity (Wildman–Crippen MR) is 97.2 cm³/mol. The first-order chi connectivity index (χ1) is 11.8. The zero-order chi connectivity index (χ0) is 18.2.